The molecule has 1 unspecified atom stereocenters. The second kappa shape index (κ2) is 11.9. The molecule has 0 aromatic heterocycles. The van der Waals surface area contributed by atoms with Gasteiger partial charge in [0.2, 0.25) is 5.91 Å². The Morgan fingerprint density at radius 2 is 1.38 bits per heavy atom. The fourth-order valence-electron chi connectivity index (χ4n) is 5.17. The van der Waals surface area contributed by atoms with E-state index in [0.717, 1.165) is 21.7 Å². The first-order valence-electron chi connectivity index (χ1n) is 12.5. The van der Waals surface area contributed by atoms with E-state index in [4.69, 9.17) is 10.5 Å². The average Bonchev–Trinajstić information content (AvgIpc) is 2.89. The van der Waals surface area contributed by atoms with Crippen molar-refractivity contribution in [3.63, 3.8) is 0 Å². The molecule has 1 amide bonds. The van der Waals surface area contributed by atoms with Gasteiger partial charge in [-0.25, -0.2) is 0 Å². The smallest absolute Gasteiger partial charge is 0.235 e. The Kier molecular flexibility index (Phi) is 8.65. The Hall–Kier alpha value is -3.18. The summed E-state index contributed by atoms with van der Waals surface area (Å²) >= 11 is 0. The molecule has 1 atom stereocenters. The molecule has 1 heterocycles. The van der Waals surface area contributed by atoms with Gasteiger partial charge < -0.3 is 10.5 Å². The Labute approximate surface area is 219 Å². The van der Waals surface area contributed by atoms with E-state index < -0.39 is 19.9 Å². The minimum Gasteiger partial charge on any atom is -0.379 e. The van der Waals surface area contributed by atoms with E-state index in [1.54, 1.807) is 0 Å². The molecule has 0 radical (unpaired) electrons. The molecule has 1 aliphatic rings. The Balaban J connectivity index is 1.74. The molecule has 2 N–H and O–H groups in total. The second-order valence-corrected chi connectivity index (χ2v) is 11.5. The number of nitrogens with two attached hydrogens (primary N) is 1. The normalized spacial score (nSPS) is 14.9. The highest BCUT2D eigenvalue weighted by molar-refractivity contribution is 7.88. The minimum atomic E-state index is -1.35. The number of ether oxygens (including phenoxy) is 1. The quantitative estimate of drug-likeness (QED) is 0.347. The van der Waals surface area contributed by atoms with Gasteiger partial charge in [-0.1, -0.05) is 66.7 Å². The molecular formula is C30H33N2O4P. The summed E-state index contributed by atoms with van der Waals surface area (Å²) in [6.45, 7) is 7.75. The van der Waals surface area contributed by atoms with Crippen LogP contribution in [0.1, 0.15) is 43.8 Å². The molecule has 0 bridgehead atoms. The molecular weight excluding hydrogens is 483 g/mol. The molecule has 6 nitrogen and oxygen atoms in total. The van der Waals surface area contributed by atoms with Gasteiger partial charge in [0.05, 0.1) is 19.3 Å². The third-order valence-corrected chi connectivity index (χ3v) is 9.15. The van der Waals surface area contributed by atoms with Gasteiger partial charge in [0.25, 0.3) is 0 Å². The van der Waals surface area contributed by atoms with Crippen molar-refractivity contribution in [3.05, 3.63) is 94.5 Å². The van der Waals surface area contributed by atoms with E-state index in [9.17, 15) is 14.4 Å². The number of nitrogens with zero attached hydrogens (tertiary/aromatic N) is 1. The molecule has 0 spiro atoms. The molecule has 4 rings (SSSR count). The summed E-state index contributed by atoms with van der Waals surface area (Å²) in [6.07, 6.45) is -0.0279. The highest BCUT2D eigenvalue weighted by Gasteiger charge is 2.32. The van der Waals surface area contributed by atoms with Crippen LogP contribution in [0.25, 0.3) is 0 Å². The number of morpholine rings is 1. The van der Waals surface area contributed by atoms with Crippen molar-refractivity contribution in [2.75, 3.05) is 26.3 Å². The van der Waals surface area contributed by atoms with Crippen molar-refractivity contribution >= 4 is 35.7 Å². The summed E-state index contributed by atoms with van der Waals surface area (Å²) in [5.74, 6) is -0.700. The molecule has 0 aliphatic carbocycles. The molecule has 1 saturated heterocycles. The average molecular weight is 517 g/mol. The van der Waals surface area contributed by atoms with E-state index in [2.05, 4.69) is 0 Å². The largest absolute Gasteiger partial charge is 0.379 e. The summed E-state index contributed by atoms with van der Waals surface area (Å²) in [5.41, 5.74) is 9.11. The number of rotatable bonds is 9. The van der Waals surface area contributed by atoms with Crippen molar-refractivity contribution in [1.82, 2.24) is 4.90 Å². The van der Waals surface area contributed by atoms with Crippen LogP contribution < -0.4 is 16.3 Å². The van der Waals surface area contributed by atoms with Gasteiger partial charge in [0.15, 0.2) is 11.3 Å². The molecule has 1 fully saturated rings. The standard InChI is InChI=1S/C30H33N2O4P/c1-20-18-21(2)28(30(35)37(23-10-6-4-7-11-23)24-12-8-5-9-13-24)22(3)27(20)26(33)19-25(29(31)34)32-14-16-36-17-15-32/h4-13,18,25H,14-17,19H2,1-3H3,(H2,31,34). The maximum absolute atomic E-state index is 14.3. The second-order valence-electron chi connectivity index (χ2n) is 9.39. The number of carbonyl (C=O) groups excluding carboxylic acids is 3. The molecule has 192 valence electrons. The Morgan fingerprint density at radius 1 is 0.865 bits per heavy atom. The van der Waals surface area contributed by atoms with Crippen LogP contribution in [0.2, 0.25) is 0 Å². The van der Waals surface area contributed by atoms with Crippen molar-refractivity contribution < 1.29 is 19.1 Å². The number of benzene rings is 3. The lowest BCUT2D eigenvalue weighted by Gasteiger charge is -2.32. The maximum atomic E-state index is 14.3. The van der Waals surface area contributed by atoms with Gasteiger partial charge >= 0.3 is 0 Å². The molecule has 3 aromatic carbocycles. The zero-order valence-corrected chi connectivity index (χ0v) is 22.5. The third-order valence-electron chi connectivity index (χ3n) is 6.89. The van der Waals surface area contributed by atoms with Gasteiger partial charge in [-0.3, -0.25) is 19.3 Å². The maximum Gasteiger partial charge on any atom is 0.235 e. The van der Waals surface area contributed by atoms with E-state index in [1.165, 1.54) is 0 Å². The lowest BCUT2D eigenvalue weighted by Crippen LogP contribution is -2.50. The van der Waals surface area contributed by atoms with Crippen LogP contribution in [0.5, 0.6) is 0 Å². The SMILES string of the molecule is Cc1cc(C)c(C(=O)P(c2ccccc2)c2ccccc2)c(C)c1C(=O)CC(C(N)=O)N1CCOCC1. The number of aryl methyl sites for hydroxylation is 2. The van der Waals surface area contributed by atoms with Crippen LogP contribution in [0.15, 0.2) is 66.7 Å². The molecule has 37 heavy (non-hydrogen) atoms. The van der Waals surface area contributed by atoms with Gasteiger partial charge in [-0.05, 0) is 48.1 Å². The van der Waals surface area contributed by atoms with Gasteiger partial charge in [0.1, 0.15) is 0 Å². The molecule has 3 aromatic rings. The summed E-state index contributed by atoms with van der Waals surface area (Å²) in [4.78, 5) is 42.2. The monoisotopic (exact) mass is 516 g/mol. The van der Waals surface area contributed by atoms with Crippen LogP contribution in [0.4, 0.5) is 0 Å². The lowest BCUT2D eigenvalue weighted by atomic mass is 9.89. The number of primary amides is 1. The van der Waals surface area contributed by atoms with Crippen molar-refractivity contribution in [1.29, 1.82) is 0 Å². The van der Waals surface area contributed by atoms with Gasteiger partial charge in [-0.2, -0.15) is 0 Å². The summed E-state index contributed by atoms with van der Waals surface area (Å²) in [5, 5.41) is 1.92. The van der Waals surface area contributed by atoms with Crippen LogP contribution in [-0.4, -0.2) is 54.5 Å². The number of carbonyl (C=O) groups is 3. The van der Waals surface area contributed by atoms with E-state index in [0.29, 0.717) is 43.0 Å². The topological polar surface area (TPSA) is 89.7 Å². The zero-order chi connectivity index (χ0) is 26.5. The van der Waals surface area contributed by atoms with Crippen LogP contribution in [0.3, 0.4) is 0 Å². The van der Waals surface area contributed by atoms with E-state index >= 15 is 0 Å². The van der Waals surface area contributed by atoms with Gasteiger partial charge in [0, 0.05) is 38.6 Å². The van der Waals surface area contributed by atoms with Crippen LogP contribution in [-0.2, 0) is 9.53 Å². The minimum absolute atomic E-state index is 0.0103. The summed E-state index contributed by atoms with van der Waals surface area (Å²) in [7, 11) is -1.35. The fraction of sp³-hybridized carbons (Fsp3) is 0.300. The van der Waals surface area contributed by atoms with E-state index in [1.807, 2.05) is 92.4 Å². The van der Waals surface area contributed by atoms with E-state index in [-0.39, 0.29) is 17.7 Å². The number of ketones is 1. The first kappa shape index (κ1) is 26.9. The Morgan fingerprint density at radius 3 is 1.89 bits per heavy atom. The lowest BCUT2D eigenvalue weighted by molar-refractivity contribution is -0.124. The van der Waals surface area contributed by atoms with Crippen molar-refractivity contribution in [2.24, 2.45) is 5.73 Å². The summed E-state index contributed by atoms with van der Waals surface area (Å²) in [6, 6.07) is 20.8. The van der Waals surface area contributed by atoms with Crippen molar-refractivity contribution in [3.8, 4) is 0 Å². The molecule has 1 aliphatic heterocycles. The molecule has 7 heteroatoms. The van der Waals surface area contributed by atoms with Gasteiger partial charge in [-0.15, -0.1) is 0 Å². The number of Topliss-reactive ketones (excluding diaryl/α,β-unsaturated/α-hetero) is 1. The number of hydrogen-bond acceptors (Lipinski definition) is 5. The predicted octanol–water partition coefficient (Wildman–Crippen LogP) is 3.64. The van der Waals surface area contributed by atoms with Crippen LogP contribution >= 0.6 is 7.92 Å². The zero-order valence-electron chi connectivity index (χ0n) is 21.6. The fourth-order valence-corrected chi connectivity index (χ4v) is 7.45. The molecule has 0 saturated carbocycles. The number of hydrogen-bond donors (Lipinski definition) is 1. The van der Waals surface area contributed by atoms with Crippen LogP contribution in [0, 0.1) is 20.8 Å². The number of amides is 1. The summed E-state index contributed by atoms with van der Waals surface area (Å²) < 4.78 is 5.39. The van der Waals surface area contributed by atoms with Crippen molar-refractivity contribution in [2.45, 2.75) is 33.2 Å². The Bertz CT molecular complexity index is 1250. The first-order chi connectivity index (χ1) is 17.8. The predicted molar refractivity (Wildman–Crippen MR) is 148 cm³/mol. The highest BCUT2D eigenvalue weighted by atomic mass is 31.1. The highest BCUT2D eigenvalue weighted by Crippen LogP contribution is 2.40. The first-order valence-corrected chi connectivity index (χ1v) is 13.8. The third kappa shape index (κ3) is 5.88.